The van der Waals surface area contributed by atoms with Crippen LogP contribution in [0.1, 0.15) is 28.9 Å². The molecule has 4 nitrogen and oxygen atoms in total. The van der Waals surface area contributed by atoms with Crippen LogP contribution in [-0.4, -0.2) is 30.6 Å². The van der Waals surface area contributed by atoms with Crippen LogP contribution in [0.3, 0.4) is 0 Å². The van der Waals surface area contributed by atoms with Crippen molar-refractivity contribution in [3.63, 3.8) is 0 Å². The normalized spacial score (nSPS) is 21.8. The molecule has 1 fully saturated rings. The number of thiazole rings is 1. The highest BCUT2D eigenvalue weighted by Crippen LogP contribution is 2.28. The lowest BCUT2D eigenvalue weighted by Gasteiger charge is -2.10. The minimum Gasteiger partial charge on any atom is -0.356 e. The van der Waals surface area contributed by atoms with Gasteiger partial charge in [-0.3, -0.25) is 4.99 Å². The molecule has 1 aliphatic rings. The van der Waals surface area contributed by atoms with E-state index < -0.39 is 0 Å². The molecule has 0 aliphatic heterocycles. The molecule has 2 atom stereocenters. The van der Waals surface area contributed by atoms with E-state index in [1.165, 1.54) is 11.3 Å². The summed E-state index contributed by atoms with van der Waals surface area (Å²) < 4.78 is 0. The Morgan fingerprint density at radius 2 is 2.16 bits per heavy atom. The van der Waals surface area contributed by atoms with Crippen LogP contribution in [0.4, 0.5) is 0 Å². The maximum absolute atomic E-state index is 4.44. The Kier molecular flexibility index (Phi) is 6.52. The Labute approximate surface area is 136 Å². The Morgan fingerprint density at radius 1 is 1.47 bits per heavy atom. The summed E-state index contributed by atoms with van der Waals surface area (Å²) in [6, 6.07) is 0.614. The molecule has 0 amide bonds. The van der Waals surface area contributed by atoms with Crippen LogP contribution < -0.4 is 10.6 Å². The number of nitrogens with one attached hydrogen (secondary N) is 2. The zero-order valence-electron chi connectivity index (χ0n) is 12.0. The van der Waals surface area contributed by atoms with Gasteiger partial charge in [-0.25, -0.2) is 4.98 Å². The summed E-state index contributed by atoms with van der Waals surface area (Å²) in [4.78, 5) is 10.1. The van der Waals surface area contributed by atoms with Gasteiger partial charge in [-0.2, -0.15) is 0 Å². The maximum Gasteiger partial charge on any atom is 0.191 e. The van der Waals surface area contributed by atoms with E-state index in [1.807, 2.05) is 7.05 Å². The van der Waals surface area contributed by atoms with E-state index in [4.69, 9.17) is 0 Å². The van der Waals surface area contributed by atoms with Crippen molar-refractivity contribution in [3.05, 3.63) is 15.6 Å². The van der Waals surface area contributed by atoms with Gasteiger partial charge in [0.25, 0.3) is 0 Å². The number of aryl methyl sites for hydroxylation is 2. The van der Waals surface area contributed by atoms with E-state index in [-0.39, 0.29) is 24.0 Å². The van der Waals surface area contributed by atoms with E-state index >= 15 is 0 Å². The van der Waals surface area contributed by atoms with E-state index in [1.54, 1.807) is 11.3 Å². The van der Waals surface area contributed by atoms with Gasteiger partial charge in [0.15, 0.2) is 5.96 Å². The third kappa shape index (κ3) is 4.91. The van der Waals surface area contributed by atoms with Crippen LogP contribution in [0, 0.1) is 19.8 Å². The first-order valence-electron chi connectivity index (χ1n) is 6.50. The van der Waals surface area contributed by atoms with Crippen molar-refractivity contribution in [1.29, 1.82) is 0 Å². The van der Waals surface area contributed by atoms with Gasteiger partial charge in [0, 0.05) is 30.9 Å². The molecule has 0 saturated heterocycles. The van der Waals surface area contributed by atoms with Crippen molar-refractivity contribution in [2.45, 2.75) is 39.7 Å². The second kappa shape index (κ2) is 7.42. The van der Waals surface area contributed by atoms with E-state index in [0.29, 0.717) is 6.04 Å². The lowest BCUT2D eigenvalue weighted by molar-refractivity contribution is 0.759. The molecular formula is C13H23IN4S. The van der Waals surface area contributed by atoms with Gasteiger partial charge in [0.05, 0.1) is 10.7 Å². The molecule has 2 unspecified atom stereocenters. The van der Waals surface area contributed by atoms with Crippen LogP contribution in [0.2, 0.25) is 0 Å². The minimum absolute atomic E-state index is 0. The molecule has 1 aromatic heterocycles. The number of hydrogen-bond donors (Lipinski definition) is 2. The smallest absolute Gasteiger partial charge is 0.191 e. The van der Waals surface area contributed by atoms with Crippen molar-refractivity contribution < 1.29 is 0 Å². The summed E-state index contributed by atoms with van der Waals surface area (Å²) in [6.45, 7) is 7.30. The van der Waals surface area contributed by atoms with Gasteiger partial charge in [-0.15, -0.1) is 35.3 Å². The quantitative estimate of drug-likeness (QED) is 0.469. The Balaban J connectivity index is 0.00000180. The zero-order valence-corrected chi connectivity index (χ0v) is 15.1. The largest absolute Gasteiger partial charge is 0.356 e. The maximum atomic E-state index is 4.44. The van der Waals surface area contributed by atoms with Crippen molar-refractivity contribution in [3.8, 4) is 0 Å². The molecule has 0 bridgehead atoms. The van der Waals surface area contributed by atoms with Crippen LogP contribution >= 0.6 is 35.3 Å². The zero-order chi connectivity index (χ0) is 13.1. The number of guanidine groups is 1. The van der Waals surface area contributed by atoms with Gasteiger partial charge in [0.2, 0.25) is 0 Å². The second-order valence-electron chi connectivity index (χ2n) is 4.95. The van der Waals surface area contributed by atoms with Gasteiger partial charge < -0.3 is 10.6 Å². The number of aliphatic imine (C=N–C) groups is 1. The van der Waals surface area contributed by atoms with Crippen LogP contribution in [0.15, 0.2) is 4.99 Å². The molecule has 1 heterocycles. The summed E-state index contributed by atoms with van der Waals surface area (Å²) in [6.07, 6.45) is 2.27. The fourth-order valence-electron chi connectivity index (χ4n) is 1.99. The average Bonchev–Trinajstić information content (AvgIpc) is 2.91. The van der Waals surface area contributed by atoms with Gasteiger partial charge in [0.1, 0.15) is 0 Å². The van der Waals surface area contributed by atoms with Crippen molar-refractivity contribution in [2.75, 3.05) is 13.6 Å². The molecule has 1 aliphatic carbocycles. The number of aromatic nitrogens is 1. The summed E-state index contributed by atoms with van der Waals surface area (Å²) in [7, 11) is 1.82. The Bertz CT molecular complexity index is 444. The summed E-state index contributed by atoms with van der Waals surface area (Å²) in [5.74, 6) is 1.71. The Hall–Kier alpha value is -0.370. The van der Waals surface area contributed by atoms with E-state index in [2.05, 4.69) is 41.4 Å². The Morgan fingerprint density at radius 3 is 2.63 bits per heavy atom. The monoisotopic (exact) mass is 394 g/mol. The molecule has 0 spiro atoms. The lowest BCUT2D eigenvalue weighted by atomic mass is 10.3. The highest BCUT2D eigenvalue weighted by molar-refractivity contribution is 14.0. The van der Waals surface area contributed by atoms with Crippen LogP contribution in [-0.2, 0) is 6.42 Å². The van der Waals surface area contributed by atoms with E-state index in [9.17, 15) is 0 Å². The topological polar surface area (TPSA) is 49.3 Å². The predicted octanol–water partition coefficient (Wildman–Crippen LogP) is 2.49. The third-order valence-electron chi connectivity index (χ3n) is 3.30. The minimum atomic E-state index is 0. The first-order valence-corrected chi connectivity index (χ1v) is 7.32. The fourth-order valence-corrected chi connectivity index (χ4v) is 2.93. The SMILES string of the molecule is CN=C(NCCc1sc(C)nc1C)NC1CC1C.I. The van der Waals surface area contributed by atoms with Gasteiger partial charge in [-0.1, -0.05) is 6.92 Å². The fraction of sp³-hybridized carbons (Fsp3) is 0.692. The predicted molar refractivity (Wildman–Crippen MR) is 92.8 cm³/mol. The molecule has 19 heavy (non-hydrogen) atoms. The van der Waals surface area contributed by atoms with Crippen molar-refractivity contribution in [2.24, 2.45) is 10.9 Å². The standard InChI is InChI=1S/C13H22N4S.HI/c1-8-7-11(8)17-13(14-4)15-6-5-12-9(2)16-10(3)18-12;/h8,11H,5-7H2,1-4H3,(H2,14,15,17);1H. The first-order chi connectivity index (χ1) is 8.60. The summed E-state index contributed by atoms with van der Waals surface area (Å²) >= 11 is 1.79. The number of hydrogen-bond acceptors (Lipinski definition) is 3. The molecule has 2 rings (SSSR count). The molecule has 1 saturated carbocycles. The number of nitrogens with zero attached hydrogens (tertiary/aromatic N) is 2. The van der Waals surface area contributed by atoms with Gasteiger partial charge in [-0.05, 0) is 26.2 Å². The molecule has 0 radical (unpaired) electrons. The third-order valence-corrected chi connectivity index (χ3v) is 4.43. The molecule has 2 N–H and O–H groups in total. The number of halogens is 1. The van der Waals surface area contributed by atoms with E-state index in [0.717, 1.165) is 35.5 Å². The van der Waals surface area contributed by atoms with Crippen molar-refractivity contribution >= 4 is 41.3 Å². The van der Waals surface area contributed by atoms with Crippen molar-refractivity contribution in [1.82, 2.24) is 15.6 Å². The molecular weight excluding hydrogens is 371 g/mol. The van der Waals surface area contributed by atoms with Gasteiger partial charge >= 0.3 is 0 Å². The highest BCUT2D eigenvalue weighted by Gasteiger charge is 2.33. The first kappa shape index (κ1) is 16.7. The second-order valence-corrected chi connectivity index (χ2v) is 6.24. The van der Waals surface area contributed by atoms with Crippen LogP contribution in [0.25, 0.3) is 0 Å². The number of rotatable bonds is 4. The molecule has 1 aromatic rings. The molecule has 108 valence electrons. The van der Waals surface area contributed by atoms with Crippen LogP contribution in [0.5, 0.6) is 0 Å². The average molecular weight is 394 g/mol. The highest BCUT2D eigenvalue weighted by atomic mass is 127. The lowest BCUT2D eigenvalue weighted by Crippen LogP contribution is -2.39. The molecule has 0 aromatic carbocycles. The summed E-state index contributed by atoms with van der Waals surface area (Å²) in [5.41, 5.74) is 1.16. The summed E-state index contributed by atoms with van der Waals surface area (Å²) in [5, 5.41) is 7.94. The molecule has 6 heteroatoms.